The number of carbonyl (C=O) groups is 1. The van der Waals surface area contributed by atoms with Crippen molar-refractivity contribution < 1.29 is 9.18 Å². The van der Waals surface area contributed by atoms with Crippen LogP contribution < -0.4 is 5.43 Å². The predicted octanol–water partition coefficient (Wildman–Crippen LogP) is 4.18. The molecule has 0 atom stereocenters. The van der Waals surface area contributed by atoms with E-state index in [1.807, 2.05) is 57.2 Å². The van der Waals surface area contributed by atoms with E-state index in [4.69, 9.17) is 5.26 Å². The molecule has 6 heteroatoms. The van der Waals surface area contributed by atoms with Crippen LogP contribution in [0.15, 0.2) is 53.6 Å². The minimum atomic E-state index is -0.760. The summed E-state index contributed by atoms with van der Waals surface area (Å²) < 4.78 is 16.0. The molecule has 1 heterocycles. The van der Waals surface area contributed by atoms with Crippen molar-refractivity contribution >= 4 is 12.1 Å². The maximum absolute atomic E-state index is 13.9. The van der Waals surface area contributed by atoms with Crippen LogP contribution in [0, 0.1) is 37.9 Å². The molecule has 0 saturated heterocycles. The molecule has 140 valence electrons. The molecule has 0 radical (unpaired) electrons. The summed E-state index contributed by atoms with van der Waals surface area (Å²) in [7, 11) is 0. The monoisotopic (exact) mass is 374 g/mol. The summed E-state index contributed by atoms with van der Waals surface area (Å²) in [5.41, 5.74) is 7.40. The maximum Gasteiger partial charge on any atom is 0.274 e. The Morgan fingerprint density at radius 1 is 1.14 bits per heavy atom. The van der Waals surface area contributed by atoms with Gasteiger partial charge in [0.05, 0.1) is 23.4 Å². The number of hydrazone groups is 1. The molecule has 0 aliphatic rings. The smallest absolute Gasteiger partial charge is 0.274 e. The summed E-state index contributed by atoms with van der Waals surface area (Å²) >= 11 is 0. The normalized spacial score (nSPS) is 10.8. The van der Waals surface area contributed by atoms with Crippen molar-refractivity contribution in [3.63, 3.8) is 0 Å². The van der Waals surface area contributed by atoms with E-state index in [2.05, 4.69) is 15.1 Å². The number of hydrogen-bond acceptors (Lipinski definition) is 3. The molecular weight excluding hydrogens is 355 g/mol. The summed E-state index contributed by atoms with van der Waals surface area (Å²) in [5, 5.41) is 12.7. The Kier molecular flexibility index (Phi) is 5.37. The summed E-state index contributed by atoms with van der Waals surface area (Å²) in [6.07, 6.45) is 1.53. The number of carbonyl (C=O) groups excluding carboxylic acids is 1. The molecule has 0 aliphatic carbocycles. The van der Waals surface area contributed by atoms with Gasteiger partial charge >= 0.3 is 0 Å². The molecule has 5 nitrogen and oxygen atoms in total. The molecule has 1 N–H and O–H groups in total. The minimum absolute atomic E-state index is 0.154. The van der Waals surface area contributed by atoms with E-state index in [-0.39, 0.29) is 11.1 Å². The largest absolute Gasteiger partial charge is 0.318 e. The fraction of sp³-hybridized carbons (Fsp3) is 0.136. The van der Waals surface area contributed by atoms with Gasteiger partial charge in [-0.15, -0.1) is 0 Å². The number of rotatable bonds is 4. The van der Waals surface area contributed by atoms with Crippen LogP contribution in [0.25, 0.3) is 5.69 Å². The molecule has 0 spiro atoms. The Morgan fingerprint density at radius 2 is 1.86 bits per heavy atom. The molecule has 0 fully saturated rings. The van der Waals surface area contributed by atoms with Gasteiger partial charge in [-0.1, -0.05) is 17.7 Å². The predicted molar refractivity (Wildman–Crippen MR) is 106 cm³/mol. The summed E-state index contributed by atoms with van der Waals surface area (Å²) in [6.45, 7) is 6.00. The number of aromatic nitrogens is 1. The van der Waals surface area contributed by atoms with Crippen LogP contribution in [0.1, 0.15) is 38.4 Å². The Morgan fingerprint density at radius 3 is 2.50 bits per heavy atom. The minimum Gasteiger partial charge on any atom is -0.318 e. The zero-order valence-corrected chi connectivity index (χ0v) is 15.8. The van der Waals surface area contributed by atoms with Crippen molar-refractivity contribution in [2.45, 2.75) is 20.8 Å². The third kappa shape index (κ3) is 3.84. The highest BCUT2D eigenvalue weighted by atomic mass is 19.1. The highest BCUT2D eigenvalue weighted by Crippen LogP contribution is 2.20. The zero-order valence-electron chi connectivity index (χ0n) is 15.8. The van der Waals surface area contributed by atoms with Gasteiger partial charge in [-0.05, 0) is 57.2 Å². The molecule has 0 saturated carbocycles. The van der Waals surface area contributed by atoms with Crippen molar-refractivity contribution in [3.8, 4) is 11.8 Å². The first-order valence-corrected chi connectivity index (χ1v) is 8.69. The molecule has 1 amide bonds. The van der Waals surface area contributed by atoms with Crippen molar-refractivity contribution in [1.29, 1.82) is 5.26 Å². The van der Waals surface area contributed by atoms with Crippen LogP contribution in [-0.2, 0) is 0 Å². The quantitative estimate of drug-likeness (QED) is 0.550. The maximum atomic E-state index is 13.9. The van der Waals surface area contributed by atoms with E-state index in [0.29, 0.717) is 0 Å². The topological polar surface area (TPSA) is 70.2 Å². The van der Waals surface area contributed by atoms with Gasteiger partial charge in [0, 0.05) is 22.6 Å². The molecule has 0 aliphatic heterocycles. The van der Waals surface area contributed by atoms with Crippen LogP contribution in [0.4, 0.5) is 4.39 Å². The molecule has 2 aromatic carbocycles. The lowest BCUT2D eigenvalue weighted by Gasteiger charge is -2.09. The van der Waals surface area contributed by atoms with E-state index in [1.54, 1.807) is 0 Å². The Labute approximate surface area is 162 Å². The fourth-order valence-corrected chi connectivity index (χ4v) is 3.00. The molecule has 3 rings (SSSR count). The molecule has 1 aromatic heterocycles. The lowest BCUT2D eigenvalue weighted by molar-refractivity contribution is 0.0951. The average Bonchev–Trinajstić information content (AvgIpc) is 2.96. The summed E-state index contributed by atoms with van der Waals surface area (Å²) in [6, 6.07) is 15.7. The van der Waals surface area contributed by atoms with Gasteiger partial charge in [0.15, 0.2) is 0 Å². The molecule has 3 aromatic rings. The van der Waals surface area contributed by atoms with E-state index in [0.717, 1.165) is 28.7 Å². The number of hydrogen-bond donors (Lipinski definition) is 1. The van der Waals surface area contributed by atoms with Gasteiger partial charge in [-0.3, -0.25) is 4.79 Å². The van der Waals surface area contributed by atoms with Gasteiger partial charge in [0.1, 0.15) is 5.82 Å². The van der Waals surface area contributed by atoms with E-state index in [9.17, 15) is 9.18 Å². The number of aryl methyl sites for hydroxylation is 2. The van der Waals surface area contributed by atoms with Crippen molar-refractivity contribution in [2.75, 3.05) is 0 Å². The Balaban J connectivity index is 1.78. The highest BCUT2D eigenvalue weighted by Gasteiger charge is 2.12. The van der Waals surface area contributed by atoms with E-state index < -0.39 is 11.7 Å². The molecular formula is C22H19FN4O. The van der Waals surface area contributed by atoms with Gasteiger partial charge in [-0.25, -0.2) is 9.82 Å². The van der Waals surface area contributed by atoms with Crippen LogP contribution >= 0.6 is 0 Å². The lowest BCUT2D eigenvalue weighted by Crippen LogP contribution is -2.19. The highest BCUT2D eigenvalue weighted by molar-refractivity contribution is 5.95. The van der Waals surface area contributed by atoms with Crippen molar-refractivity contribution in [3.05, 3.63) is 88.0 Å². The first-order valence-electron chi connectivity index (χ1n) is 8.69. The Hall–Kier alpha value is -3.72. The zero-order chi connectivity index (χ0) is 20.3. The third-order valence-electron chi connectivity index (χ3n) is 4.47. The van der Waals surface area contributed by atoms with Crippen LogP contribution in [0.2, 0.25) is 0 Å². The van der Waals surface area contributed by atoms with Gasteiger partial charge in [0.2, 0.25) is 0 Å². The summed E-state index contributed by atoms with van der Waals surface area (Å²) in [4.78, 5) is 12.1. The number of halogens is 1. The van der Waals surface area contributed by atoms with Crippen molar-refractivity contribution in [2.24, 2.45) is 5.10 Å². The number of nitriles is 1. The van der Waals surface area contributed by atoms with Crippen molar-refractivity contribution in [1.82, 2.24) is 9.99 Å². The molecule has 0 bridgehead atoms. The number of nitrogens with one attached hydrogen (secondary N) is 1. The SMILES string of the molecule is Cc1ccc(-n2c(C)cc(/C=N/NC(=O)c3ccc(C#N)cc3F)c2C)cc1. The second kappa shape index (κ2) is 7.89. The van der Waals surface area contributed by atoms with E-state index >= 15 is 0 Å². The van der Waals surface area contributed by atoms with Gasteiger partial charge < -0.3 is 4.57 Å². The number of nitrogens with zero attached hydrogens (tertiary/aromatic N) is 3. The summed E-state index contributed by atoms with van der Waals surface area (Å²) in [5.74, 6) is -1.44. The first-order chi connectivity index (χ1) is 13.4. The lowest BCUT2D eigenvalue weighted by atomic mass is 10.1. The first kappa shape index (κ1) is 19.1. The van der Waals surface area contributed by atoms with Gasteiger partial charge in [0.25, 0.3) is 5.91 Å². The number of amides is 1. The average molecular weight is 374 g/mol. The molecule has 28 heavy (non-hydrogen) atoms. The second-order valence-corrected chi connectivity index (χ2v) is 6.50. The third-order valence-corrected chi connectivity index (χ3v) is 4.47. The number of benzene rings is 2. The second-order valence-electron chi connectivity index (χ2n) is 6.50. The Bertz CT molecular complexity index is 1100. The fourth-order valence-electron chi connectivity index (χ4n) is 3.00. The van der Waals surface area contributed by atoms with Gasteiger partial charge in [-0.2, -0.15) is 10.4 Å². The molecule has 0 unspecified atom stereocenters. The van der Waals surface area contributed by atoms with Crippen LogP contribution in [0.3, 0.4) is 0 Å². The van der Waals surface area contributed by atoms with Crippen LogP contribution in [-0.4, -0.2) is 16.7 Å². The standard InChI is InChI=1S/C22H19FN4O/c1-14-4-7-19(8-5-14)27-15(2)10-18(16(27)3)13-25-26-22(28)20-9-6-17(12-24)11-21(20)23/h4-11,13H,1-3H3,(H,26,28)/b25-13+. The van der Waals surface area contributed by atoms with E-state index in [1.165, 1.54) is 23.9 Å². The van der Waals surface area contributed by atoms with Crippen LogP contribution in [0.5, 0.6) is 0 Å².